The minimum absolute atomic E-state index is 0.282. The highest BCUT2D eigenvalue weighted by molar-refractivity contribution is 4.92. The summed E-state index contributed by atoms with van der Waals surface area (Å²) < 4.78 is 5.74. The van der Waals surface area contributed by atoms with Gasteiger partial charge in [0.2, 0.25) is 0 Å². The van der Waals surface area contributed by atoms with Crippen molar-refractivity contribution < 1.29 is 4.74 Å². The summed E-state index contributed by atoms with van der Waals surface area (Å²) >= 11 is 0. The Morgan fingerprint density at radius 3 is 2.72 bits per heavy atom. The van der Waals surface area contributed by atoms with Crippen LogP contribution in [0.4, 0.5) is 0 Å². The Morgan fingerprint density at radius 1 is 1.39 bits per heavy atom. The molecule has 1 aliphatic rings. The SMILES string of the molecule is CCC1(C)CN(CCOCCC(C)C)C(C)CN1. The second-order valence-electron chi connectivity index (χ2n) is 6.41. The zero-order valence-electron chi connectivity index (χ0n) is 13.0. The summed E-state index contributed by atoms with van der Waals surface area (Å²) in [7, 11) is 0. The molecular weight excluding hydrogens is 224 g/mol. The van der Waals surface area contributed by atoms with Gasteiger partial charge in [0, 0.05) is 37.8 Å². The van der Waals surface area contributed by atoms with Crippen LogP contribution >= 0.6 is 0 Å². The molecule has 1 heterocycles. The van der Waals surface area contributed by atoms with Crippen molar-refractivity contribution in [3.8, 4) is 0 Å². The van der Waals surface area contributed by atoms with Gasteiger partial charge in [0.25, 0.3) is 0 Å². The molecule has 2 unspecified atom stereocenters. The van der Waals surface area contributed by atoms with Crippen molar-refractivity contribution in [1.29, 1.82) is 0 Å². The van der Waals surface area contributed by atoms with E-state index in [-0.39, 0.29) is 5.54 Å². The third kappa shape index (κ3) is 5.25. The van der Waals surface area contributed by atoms with Crippen LogP contribution in [0, 0.1) is 5.92 Å². The van der Waals surface area contributed by atoms with Gasteiger partial charge in [-0.05, 0) is 32.6 Å². The standard InChI is InChI=1S/C15H32N2O/c1-6-15(5)12-17(14(4)11-16-15)8-10-18-9-7-13(2)3/h13-14,16H,6-12H2,1-5H3. The molecule has 2 atom stereocenters. The van der Waals surface area contributed by atoms with Gasteiger partial charge in [0.05, 0.1) is 6.61 Å². The smallest absolute Gasteiger partial charge is 0.0593 e. The van der Waals surface area contributed by atoms with Crippen LogP contribution in [0.25, 0.3) is 0 Å². The van der Waals surface area contributed by atoms with E-state index >= 15 is 0 Å². The van der Waals surface area contributed by atoms with Crippen LogP contribution in [0.1, 0.15) is 47.5 Å². The monoisotopic (exact) mass is 256 g/mol. The molecule has 0 saturated carbocycles. The number of piperazine rings is 1. The van der Waals surface area contributed by atoms with E-state index in [1.54, 1.807) is 0 Å². The fourth-order valence-corrected chi connectivity index (χ4v) is 2.32. The fourth-order valence-electron chi connectivity index (χ4n) is 2.32. The molecule has 0 spiro atoms. The topological polar surface area (TPSA) is 24.5 Å². The summed E-state index contributed by atoms with van der Waals surface area (Å²) in [5.41, 5.74) is 0.282. The zero-order chi connectivity index (χ0) is 13.6. The predicted octanol–water partition coefficient (Wildman–Crippen LogP) is 2.51. The lowest BCUT2D eigenvalue weighted by Gasteiger charge is -2.45. The maximum atomic E-state index is 5.74. The lowest BCUT2D eigenvalue weighted by atomic mass is 9.94. The van der Waals surface area contributed by atoms with Gasteiger partial charge in [-0.25, -0.2) is 0 Å². The van der Waals surface area contributed by atoms with Crippen LogP contribution in [0.3, 0.4) is 0 Å². The van der Waals surface area contributed by atoms with Crippen molar-refractivity contribution in [2.45, 2.75) is 59.0 Å². The Bertz CT molecular complexity index is 233. The quantitative estimate of drug-likeness (QED) is 0.708. The van der Waals surface area contributed by atoms with E-state index in [1.165, 1.54) is 12.8 Å². The Balaban J connectivity index is 2.23. The molecule has 0 bridgehead atoms. The number of ether oxygens (including phenoxy) is 1. The normalized spacial score (nSPS) is 30.0. The van der Waals surface area contributed by atoms with Crippen LogP contribution in [-0.2, 0) is 4.74 Å². The van der Waals surface area contributed by atoms with Gasteiger partial charge in [0.15, 0.2) is 0 Å². The molecule has 1 fully saturated rings. The van der Waals surface area contributed by atoms with Gasteiger partial charge < -0.3 is 10.1 Å². The summed E-state index contributed by atoms with van der Waals surface area (Å²) in [6, 6.07) is 0.623. The van der Waals surface area contributed by atoms with Crippen LogP contribution in [0.15, 0.2) is 0 Å². The Hall–Kier alpha value is -0.120. The Labute approximate surface area is 113 Å². The first kappa shape index (κ1) is 15.9. The number of nitrogens with zero attached hydrogens (tertiary/aromatic N) is 1. The minimum atomic E-state index is 0.282. The number of rotatable bonds is 7. The first-order valence-electron chi connectivity index (χ1n) is 7.53. The van der Waals surface area contributed by atoms with E-state index in [0.29, 0.717) is 6.04 Å². The minimum Gasteiger partial charge on any atom is -0.380 e. The molecule has 3 heteroatoms. The number of hydrogen-bond acceptors (Lipinski definition) is 3. The third-order valence-electron chi connectivity index (χ3n) is 4.14. The van der Waals surface area contributed by atoms with E-state index in [2.05, 4.69) is 44.8 Å². The van der Waals surface area contributed by atoms with Crippen molar-refractivity contribution in [1.82, 2.24) is 10.2 Å². The van der Waals surface area contributed by atoms with Crippen molar-refractivity contribution in [3.05, 3.63) is 0 Å². The number of nitrogens with one attached hydrogen (secondary N) is 1. The van der Waals surface area contributed by atoms with Crippen molar-refractivity contribution in [2.75, 3.05) is 32.8 Å². The molecule has 0 aromatic heterocycles. The van der Waals surface area contributed by atoms with Crippen LogP contribution in [-0.4, -0.2) is 49.3 Å². The van der Waals surface area contributed by atoms with Gasteiger partial charge in [-0.1, -0.05) is 20.8 Å². The summed E-state index contributed by atoms with van der Waals surface area (Å²) in [5.74, 6) is 0.742. The molecule has 0 aromatic carbocycles. The highest BCUT2D eigenvalue weighted by Crippen LogP contribution is 2.18. The average molecular weight is 256 g/mol. The van der Waals surface area contributed by atoms with Crippen molar-refractivity contribution in [3.63, 3.8) is 0 Å². The van der Waals surface area contributed by atoms with Crippen LogP contribution in [0.5, 0.6) is 0 Å². The van der Waals surface area contributed by atoms with Gasteiger partial charge in [-0.2, -0.15) is 0 Å². The molecule has 1 aliphatic heterocycles. The second kappa shape index (κ2) is 7.46. The van der Waals surface area contributed by atoms with E-state index in [9.17, 15) is 0 Å². The summed E-state index contributed by atoms with van der Waals surface area (Å²) in [4.78, 5) is 2.56. The van der Waals surface area contributed by atoms with Crippen LogP contribution in [0.2, 0.25) is 0 Å². The molecule has 1 N–H and O–H groups in total. The molecule has 1 saturated heterocycles. The molecule has 3 nitrogen and oxygen atoms in total. The van der Waals surface area contributed by atoms with Crippen LogP contribution < -0.4 is 5.32 Å². The van der Waals surface area contributed by atoms with Crippen molar-refractivity contribution >= 4 is 0 Å². The summed E-state index contributed by atoms with van der Waals surface area (Å²) in [5, 5.41) is 3.66. The Kier molecular flexibility index (Phi) is 6.61. The molecule has 18 heavy (non-hydrogen) atoms. The van der Waals surface area contributed by atoms with Gasteiger partial charge in [-0.15, -0.1) is 0 Å². The van der Waals surface area contributed by atoms with E-state index in [4.69, 9.17) is 4.74 Å². The zero-order valence-corrected chi connectivity index (χ0v) is 13.0. The van der Waals surface area contributed by atoms with Gasteiger partial charge >= 0.3 is 0 Å². The maximum absolute atomic E-state index is 5.74. The van der Waals surface area contributed by atoms with E-state index < -0.39 is 0 Å². The highest BCUT2D eigenvalue weighted by Gasteiger charge is 2.31. The van der Waals surface area contributed by atoms with Gasteiger partial charge in [-0.3, -0.25) is 4.90 Å². The van der Waals surface area contributed by atoms with Crippen molar-refractivity contribution in [2.24, 2.45) is 5.92 Å². The second-order valence-corrected chi connectivity index (χ2v) is 6.41. The van der Waals surface area contributed by atoms with Gasteiger partial charge in [0.1, 0.15) is 0 Å². The first-order chi connectivity index (χ1) is 8.47. The fraction of sp³-hybridized carbons (Fsp3) is 1.00. The average Bonchev–Trinajstić information content (AvgIpc) is 2.33. The van der Waals surface area contributed by atoms with E-state index in [0.717, 1.165) is 38.8 Å². The molecule has 0 amide bonds. The summed E-state index contributed by atoms with van der Waals surface area (Å²) in [6.45, 7) is 16.5. The molecular formula is C15H32N2O. The third-order valence-corrected chi connectivity index (χ3v) is 4.14. The molecule has 108 valence electrons. The summed E-state index contributed by atoms with van der Waals surface area (Å²) in [6.07, 6.45) is 2.36. The lowest BCUT2D eigenvalue weighted by Crippen LogP contribution is -2.62. The Morgan fingerprint density at radius 2 is 2.11 bits per heavy atom. The highest BCUT2D eigenvalue weighted by atomic mass is 16.5. The molecule has 0 aliphatic carbocycles. The predicted molar refractivity (Wildman–Crippen MR) is 78.0 cm³/mol. The molecule has 0 aromatic rings. The first-order valence-corrected chi connectivity index (χ1v) is 7.53. The largest absolute Gasteiger partial charge is 0.380 e. The maximum Gasteiger partial charge on any atom is 0.0593 e. The van der Waals surface area contributed by atoms with E-state index in [1.807, 2.05) is 0 Å². The molecule has 0 radical (unpaired) electrons. The molecule has 1 rings (SSSR count). The lowest BCUT2D eigenvalue weighted by molar-refractivity contribution is 0.0466. The number of hydrogen-bond donors (Lipinski definition) is 1.